The van der Waals surface area contributed by atoms with Crippen LogP contribution in [0.25, 0.3) is 0 Å². The maximum atomic E-state index is 13.1. The van der Waals surface area contributed by atoms with Crippen LogP contribution in [0.4, 0.5) is 0 Å². The lowest BCUT2D eigenvalue weighted by Crippen LogP contribution is -2.55. The molecule has 3 saturated heterocycles. The van der Waals surface area contributed by atoms with Crippen LogP contribution in [0.15, 0.2) is 48.5 Å². The van der Waals surface area contributed by atoms with Gasteiger partial charge in [-0.1, -0.05) is 36.4 Å². The van der Waals surface area contributed by atoms with Gasteiger partial charge < -0.3 is 19.8 Å². The molecule has 2 aromatic rings. The SMILES string of the molecule is O=C(c1ccc(C(O)N2CC[C@H](N3CCc4ccccc4C3)[C@@H](O)C2)cc1)N1C2CCC1COC2. The van der Waals surface area contributed by atoms with Crippen molar-refractivity contribution >= 4 is 5.91 Å². The van der Waals surface area contributed by atoms with Crippen LogP contribution < -0.4 is 0 Å². The highest BCUT2D eigenvalue weighted by Gasteiger charge is 2.41. The minimum Gasteiger partial charge on any atom is -0.390 e. The first kappa shape index (κ1) is 23.1. The molecule has 2 aromatic carbocycles. The van der Waals surface area contributed by atoms with Crippen LogP contribution in [-0.2, 0) is 17.7 Å². The number of amides is 1. The molecule has 7 heteroatoms. The molecule has 4 aliphatic rings. The molecule has 2 bridgehead atoms. The van der Waals surface area contributed by atoms with E-state index in [0.717, 1.165) is 50.9 Å². The molecule has 3 fully saturated rings. The maximum Gasteiger partial charge on any atom is 0.254 e. The molecule has 0 radical (unpaired) electrons. The zero-order valence-electron chi connectivity index (χ0n) is 20.1. The van der Waals surface area contributed by atoms with Gasteiger partial charge in [0.15, 0.2) is 0 Å². The third kappa shape index (κ3) is 4.41. The Morgan fingerprint density at radius 2 is 1.66 bits per heavy atom. The Labute approximate surface area is 206 Å². The molecule has 5 atom stereocenters. The number of fused-ring (bicyclic) bond motifs is 3. The van der Waals surface area contributed by atoms with E-state index in [4.69, 9.17) is 4.74 Å². The summed E-state index contributed by atoms with van der Waals surface area (Å²) in [4.78, 5) is 19.4. The monoisotopic (exact) mass is 477 g/mol. The summed E-state index contributed by atoms with van der Waals surface area (Å²) in [6, 6.07) is 16.4. The zero-order valence-corrected chi connectivity index (χ0v) is 20.1. The summed E-state index contributed by atoms with van der Waals surface area (Å²) in [5.41, 5.74) is 4.18. The van der Waals surface area contributed by atoms with Crippen molar-refractivity contribution in [2.24, 2.45) is 0 Å². The summed E-state index contributed by atoms with van der Waals surface area (Å²) in [5, 5.41) is 22.0. The van der Waals surface area contributed by atoms with Crippen molar-refractivity contribution < 1.29 is 19.7 Å². The van der Waals surface area contributed by atoms with E-state index < -0.39 is 12.3 Å². The Bertz CT molecular complexity index is 1040. The summed E-state index contributed by atoms with van der Waals surface area (Å²) >= 11 is 0. The van der Waals surface area contributed by atoms with Crippen LogP contribution in [0.3, 0.4) is 0 Å². The Morgan fingerprint density at radius 1 is 0.943 bits per heavy atom. The fourth-order valence-electron chi connectivity index (χ4n) is 6.51. The van der Waals surface area contributed by atoms with Crippen molar-refractivity contribution in [3.8, 4) is 0 Å². The minimum absolute atomic E-state index is 0.0566. The smallest absolute Gasteiger partial charge is 0.254 e. The lowest BCUT2D eigenvalue weighted by molar-refractivity contribution is -0.0800. The van der Waals surface area contributed by atoms with Gasteiger partial charge in [0.1, 0.15) is 6.23 Å². The van der Waals surface area contributed by atoms with Gasteiger partial charge >= 0.3 is 0 Å². The number of carbonyl (C=O) groups is 1. The van der Waals surface area contributed by atoms with Gasteiger partial charge in [-0.05, 0) is 54.5 Å². The zero-order chi connectivity index (χ0) is 23.9. The van der Waals surface area contributed by atoms with Gasteiger partial charge in [0.05, 0.1) is 31.4 Å². The number of hydrogen-bond acceptors (Lipinski definition) is 6. The van der Waals surface area contributed by atoms with E-state index in [2.05, 4.69) is 29.2 Å². The third-order valence-corrected chi connectivity index (χ3v) is 8.48. The van der Waals surface area contributed by atoms with Crippen LogP contribution in [0.5, 0.6) is 0 Å². The van der Waals surface area contributed by atoms with Crippen molar-refractivity contribution in [1.82, 2.24) is 14.7 Å². The van der Waals surface area contributed by atoms with Crippen molar-refractivity contribution in [1.29, 1.82) is 0 Å². The van der Waals surface area contributed by atoms with E-state index in [9.17, 15) is 15.0 Å². The first-order chi connectivity index (χ1) is 17.1. The van der Waals surface area contributed by atoms with Crippen LogP contribution >= 0.6 is 0 Å². The number of morpholine rings is 1. The topological polar surface area (TPSA) is 76.5 Å². The third-order valence-electron chi connectivity index (χ3n) is 8.48. The molecular formula is C28H35N3O4. The number of ether oxygens (including phenoxy) is 1. The van der Waals surface area contributed by atoms with E-state index in [1.54, 1.807) is 0 Å². The van der Waals surface area contributed by atoms with Gasteiger partial charge in [0, 0.05) is 37.8 Å². The quantitative estimate of drug-likeness (QED) is 0.703. The molecule has 3 unspecified atom stereocenters. The first-order valence-corrected chi connectivity index (χ1v) is 13.0. The maximum absolute atomic E-state index is 13.1. The summed E-state index contributed by atoms with van der Waals surface area (Å²) in [5.74, 6) is 0.0566. The predicted octanol–water partition coefficient (Wildman–Crippen LogP) is 2.17. The number of β-amino-alcohol motifs (C(OH)–C–C–N with tert-alkyl or cyclic N) is 1. The Kier molecular flexibility index (Phi) is 6.37. The number of hydrogen-bond donors (Lipinski definition) is 2. The molecule has 6 rings (SSSR count). The molecule has 0 aromatic heterocycles. The average Bonchev–Trinajstić information content (AvgIpc) is 3.15. The summed E-state index contributed by atoms with van der Waals surface area (Å²) in [7, 11) is 0. The highest BCUT2D eigenvalue weighted by Crippen LogP contribution is 2.32. The molecule has 0 saturated carbocycles. The Balaban J connectivity index is 1.07. The fourth-order valence-corrected chi connectivity index (χ4v) is 6.51. The molecule has 7 nitrogen and oxygen atoms in total. The summed E-state index contributed by atoms with van der Waals surface area (Å²) in [6.45, 7) is 4.24. The second-order valence-electron chi connectivity index (χ2n) is 10.5. The predicted molar refractivity (Wildman–Crippen MR) is 132 cm³/mol. The Morgan fingerprint density at radius 3 is 2.37 bits per heavy atom. The van der Waals surface area contributed by atoms with E-state index in [1.807, 2.05) is 34.1 Å². The van der Waals surface area contributed by atoms with E-state index in [0.29, 0.717) is 25.3 Å². The number of rotatable bonds is 4. The van der Waals surface area contributed by atoms with Gasteiger partial charge in [0.2, 0.25) is 0 Å². The van der Waals surface area contributed by atoms with Crippen molar-refractivity contribution in [2.75, 3.05) is 32.8 Å². The normalized spacial score (nSPS) is 30.2. The number of benzene rings is 2. The minimum atomic E-state index is -0.795. The molecule has 4 heterocycles. The van der Waals surface area contributed by atoms with Crippen molar-refractivity contribution in [3.63, 3.8) is 0 Å². The van der Waals surface area contributed by atoms with Crippen LogP contribution in [0.1, 0.15) is 52.5 Å². The van der Waals surface area contributed by atoms with Gasteiger partial charge in [-0.25, -0.2) is 0 Å². The van der Waals surface area contributed by atoms with Gasteiger partial charge in [-0.2, -0.15) is 0 Å². The van der Waals surface area contributed by atoms with Crippen LogP contribution in [0, 0.1) is 0 Å². The van der Waals surface area contributed by atoms with E-state index >= 15 is 0 Å². The van der Waals surface area contributed by atoms with E-state index in [1.165, 1.54) is 11.1 Å². The van der Waals surface area contributed by atoms with Crippen molar-refractivity contribution in [3.05, 3.63) is 70.8 Å². The standard InChI is InChI=1S/C28H35N3O4/c32-26-16-30(14-12-25(26)29-13-11-19-3-1-2-4-22(19)15-29)27(33)20-5-7-21(8-6-20)28(34)31-23-9-10-24(31)18-35-17-23/h1-8,23-27,32-33H,9-18H2/t23?,24?,25-,26-,27?/m0/s1. The van der Waals surface area contributed by atoms with Crippen molar-refractivity contribution in [2.45, 2.75) is 62.7 Å². The number of aliphatic hydroxyl groups excluding tert-OH is 2. The molecule has 4 aliphatic heterocycles. The first-order valence-electron chi connectivity index (χ1n) is 13.0. The number of piperidine rings is 1. The Hall–Kier alpha value is -2.29. The number of likely N-dealkylation sites (tertiary alicyclic amines) is 1. The van der Waals surface area contributed by atoms with Crippen LogP contribution in [0.2, 0.25) is 0 Å². The van der Waals surface area contributed by atoms with Crippen LogP contribution in [-0.4, -0.2) is 87.9 Å². The average molecular weight is 478 g/mol. The molecular weight excluding hydrogens is 442 g/mol. The highest BCUT2D eigenvalue weighted by atomic mass is 16.5. The van der Waals surface area contributed by atoms with Gasteiger partial charge in [-0.3, -0.25) is 14.6 Å². The molecule has 186 valence electrons. The van der Waals surface area contributed by atoms with Gasteiger partial charge in [-0.15, -0.1) is 0 Å². The molecule has 1 amide bonds. The fraction of sp³-hybridized carbons (Fsp3) is 0.536. The number of carbonyl (C=O) groups excluding carboxylic acids is 1. The second kappa shape index (κ2) is 9.64. The molecule has 35 heavy (non-hydrogen) atoms. The number of nitrogens with zero attached hydrogens (tertiary/aromatic N) is 3. The summed E-state index contributed by atoms with van der Waals surface area (Å²) in [6.07, 6.45) is 2.54. The molecule has 2 N–H and O–H groups in total. The lowest BCUT2D eigenvalue weighted by Gasteiger charge is -2.44. The van der Waals surface area contributed by atoms with Gasteiger partial charge in [0.25, 0.3) is 5.91 Å². The highest BCUT2D eigenvalue weighted by molar-refractivity contribution is 5.95. The lowest BCUT2D eigenvalue weighted by atomic mass is 9.93. The molecule has 0 spiro atoms. The van der Waals surface area contributed by atoms with E-state index in [-0.39, 0.29) is 24.0 Å². The largest absolute Gasteiger partial charge is 0.390 e. The number of aliphatic hydroxyl groups is 2. The summed E-state index contributed by atoms with van der Waals surface area (Å²) < 4.78 is 5.61. The second-order valence-corrected chi connectivity index (χ2v) is 10.5. The molecule has 0 aliphatic carbocycles.